The molecule has 0 fully saturated rings. The Kier molecular flexibility index (Phi) is 3.75. The third-order valence-corrected chi connectivity index (χ3v) is 4.25. The highest BCUT2D eigenvalue weighted by Gasteiger charge is 2.13. The standard InChI is InChI=1S/C18H22N2/c1-14-12-15(6-7-18(14)19)13-20-10-8-16-4-2-3-5-17(16)9-11-20/h2-7,12H,8-11,13,19H2,1H3. The summed E-state index contributed by atoms with van der Waals surface area (Å²) in [6, 6.07) is 15.2. The molecule has 0 unspecified atom stereocenters. The number of nitrogens with two attached hydrogens (primary N) is 1. The first-order valence-electron chi connectivity index (χ1n) is 7.36. The van der Waals surface area contributed by atoms with Gasteiger partial charge in [-0.25, -0.2) is 0 Å². The van der Waals surface area contributed by atoms with Gasteiger partial charge in [0.05, 0.1) is 0 Å². The van der Waals surface area contributed by atoms with E-state index in [0.717, 1.165) is 38.2 Å². The Balaban J connectivity index is 1.69. The molecule has 1 aliphatic heterocycles. The van der Waals surface area contributed by atoms with Crippen molar-refractivity contribution in [1.29, 1.82) is 0 Å². The fourth-order valence-electron chi connectivity index (χ4n) is 2.97. The fraction of sp³-hybridized carbons (Fsp3) is 0.333. The lowest BCUT2D eigenvalue weighted by molar-refractivity contribution is 0.279. The molecule has 2 aromatic carbocycles. The molecule has 0 bridgehead atoms. The van der Waals surface area contributed by atoms with Crippen LogP contribution >= 0.6 is 0 Å². The van der Waals surface area contributed by atoms with Crippen molar-refractivity contribution in [2.45, 2.75) is 26.3 Å². The van der Waals surface area contributed by atoms with Crippen LogP contribution in [0.3, 0.4) is 0 Å². The molecule has 20 heavy (non-hydrogen) atoms. The van der Waals surface area contributed by atoms with Gasteiger partial charge in [0, 0.05) is 25.3 Å². The summed E-state index contributed by atoms with van der Waals surface area (Å²) in [5.41, 5.74) is 12.4. The highest BCUT2D eigenvalue weighted by atomic mass is 15.1. The quantitative estimate of drug-likeness (QED) is 0.846. The van der Waals surface area contributed by atoms with Crippen molar-refractivity contribution in [2.75, 3.05) is 18.8 Å². The molecule has 2 heteroatoms. The lowest BCUT2D eigenvalue weighted by Crippen LogP contribution is -2.25. The molecular formula is C18H22N2. The lowest BCUT2D eigenvalue weighted by Gasteiger charge is -2.20. The molecular weight excluding hydrogens is 244 g/mol. The number of aryl methyl sites for hydroxylation is 1. The maximum Gasteiger partial charge on any atom is 0.0343 e. The first kappa shape index (κ1) is 13.2. The third kappa shape index (κ3) is 2.86. The predicted molar refractivity (Wildman–Crippen MR) is 84.7 cm³/mol. The first-order chi connectivity index (χ1) is 9.72. The third-order valence-electron chi connectivity index (χ3n) is 4.25. The van der Waals surface area contributed by atoms with Crippen molar-refractivity contribution in [3.8, 4) is 0 Å². The van der Waals surface area contributed by atoms with Gasteiger partial charge in [0.15, 0.2) is 0 Å². The lowest BCUT2D eigenvalue weighted by atomic mass is 10.0. The monoisotopic (exact) mass is 266 g/mol. The molecule has 0 spiro atoms. The van der Waals surface area contributed by atoms with Gasteiger partial charge in [-0.15, -0.1) is 0 Å². The molecule has 2 nitrogen and oxygen atoms in total. The molecule has 104 valence electrons. The number of nitrogen functional groups attached to an aromatic ring is 1. The van der Waals surface area contributed by atoms with Crippen LogP contribution in [0.2, 0.25) is 0 Å². The Morgan fingerprint density at radius 2 is 1.65 bits per heavy atom. The van der Waals surface area contributed by atoms with E-state index in [2.05, 4.69) is 48.2 Å². The number of nitrogens with zero attached hydrogens (tertiary/aromatic N) is 1. The zero-order chi connectivity index (χ0) is 13.9. The Bertz CT molecular complexity index is 577. The van der Waals surface area contributed by atoms with Gasteiger partial charge in [0.2, 0.25) is 0 Å². The number of fused-ring (bicyclic) bond motifs is 1. The van der Waals surface area contributed by atoms with E-state index in [1.165, 1.54) is 22.3 Å². The highest BCUT2D eigenvalue weighted by Crippen LogP contribution is 2.18. The van der Waals surface area contributed by atoms with Gasteiger partial charge in [-0.05, 0) is 48.1 Å². The second-order valence-corrected chi connectivity index (χ2v) is 5.74. The summed E-state index contributed by atoms with van der Waals surface area (Å²) in [7, 11) is 0. The van der Waals surface area contributed by atoms with Crippen LogP contribution in [0.1, 0.15) is 22.3 Å². The van der Waals surface area contributed by atoms with Crippen LogP contribution in [-0.4, -0.2) is 18.0 Å². The number of anilines is 1. The van der Waals surface area contributed by atoms with Crippen LogP contribution in [-0.2, 0) is 19.4 Å². The van der Waals surface area contributed by atoms with E-state index >= 15 is 0 Å². The summed E-state index contributed by atoms with van der Waals surface area (Å²) in [5.74, 6) is 0. The van der Waals surface area contributed by atoms with Crippen LogP contribution in [0.5, 0.6) is 0 Å². The van der Waals surface area contributed by atoms with E-state index in [0.29, 0.717) is 0 Å². The van der Waals surface area contributed by atoms with E-state index in [1.807, 2.05) is 6.07 Å². The molecule has 1 aliphatic rings. The van der Waals surface area contributed by atoms with E-state index in [1.54, 1.807) is 0 Å². The SMILES string of the molecule is Cc1cc(CN2CCc3ccccc3CC2)ccc1N. The molecule has 0 radical (unpaired) electrons. The van der Waals surface area contributed by atoms with Crippen molar-refractivity contribution in [3.05, 3.63) is 64.7 Å². The fourth-order valence-corrected chi connectivity index (χ4v) is 2.97. The minimum absolute atomic E-state index is 0.886. The molecule has 2 N–H and O–H groups in total. The van der Waals surface area contributed by atoms with Crippen LogP contribution < -0.4 is 5.73 Å². The number of hydrogen-bond acceptors (Lipinski definition) is 2. The van der Waals surface area contributed by atoms with Gasteiger partial charge in [0.25, 0.3) is 0 Å². The molecule has 1 heterocycles. The smallest absolute Gasteiger partial charge is 0.0343 e. The van der Waals surface area contributed by atoms with Crippen molar-refractivity contribution in [1.82, 2.24) is 4.90 Å². The van der Waals surface area contributed by atoms with E-state index in [-0.39, 0.29) is 0 Å². The summed E-state index contributed by atoms with van der Waals surface area (Å²) in [6.07, 6.45) is 2.31. The average Bonchev–Trinajstić information content (AvgIpc) is 2.66. The topological polar surface area (TPSA) is 29.3 Å². The van der Waals surface area contributed by atoms with Gasteiger partial charge in [0.1, 0.15) is 0 Å². The maximum absolute atomic E-state index is 5.89. The minimum atomic E-state index is 0.886. The van der Waals surface area contributed by atoms with Gasteiger partial charge in [-0.3, -0.25) is 4.90 Å². The second-order valence-electron chi connectivity index (χ2n) is 5.74. The van der Waals surface area contributed by atoms with Crippen molar-refractivity contribution in [2.24, 2.45) is 0 Å². The van der Waals surface area contributed by atoms with E-state index in [4.69, 9.17) is 5.73 Å². The van der Waals surface area contributed by atoms with Crippen LogP contribution in [0.25, 0.3) is 0 Å². The van der Waals surface area contributed by atoms with Gasteiger partial charge < -0.3 is 5.73 Å². The summed E-state index contributed by atoms with van der Waals surface area (Å²) in [6.45, 7) is 5.38. The van der Waals surface area contributed by atoms with E-state index in [9.17, 15) is 0 Å². The summed E-state index contributed by atoms with van der Waals surface area (Å²) in [4.78, 5) is 2.55. The normalized spacial score (nSPS) is 15.7. The average molecular weight is 266 g/mol. The largest absolute Gasteiger partial charge is 0.399 e. The predicted octanol–water partition coefficient (Wildman–Crippen LogP) is 3.18. The molecule has 0 amide bonds. The highest BCUT2D eigenvalue weighted by molar-refractivity contribution is 5.47. The first-order valence-corrected chi connectivity index (χ1v) is 7.36. The van der Waals surface area contributed by atoms with Crippen LogP contribution in [0.4, 0.5) is 5.69 Å². The van der Waals surface area contributed by atoms with Crippen molar-refractivity contribution < 1.29 is 0 Å². The molecule has 0 atom stereocenters. The van der Waals surface area contributed by atoms with Crippen molar-refractivity contribution in [3.63, 3.8) is 0 Å². The second kappa shape index (κ2) is 5.68. The Hall–Kier alpha value is -1.80. The summed E-state index contributed by atoms with van der Waals surface area (Å²) < 4.78 is 0. The molecule has 0 saturated carbocycles. The number of rotatable bonds is 2. The van der Waals surface area contributed by atoms with Gasteiger partial charge in [-0.1, -0.05) is 36.4 Å². The zero-order valence-corrected chi connectivity index (χ0v) is 12.1. The molecule has 0 aliphatic carbocycles. The minimum Gasteiger partial charge on any atom is -0.399 e. The van der Waals surface area contributed by atoms with E-state index < -0.39 is 0 Å². The maximum atomic E-state index is 5.89. The number of hydrogen-bond donors (Lipinski definition) is 1. The molecule has 0 aromatic heterocycles. The Labute approximate surface area is 121 Å². The molecule has 0 saturated heterocycles. The van der Waals surface area contributed by atoms with Crippen molar-refractivity contribution >= 4 is 5.69 Å². The Morgan fingerprint density at radius 1 is 1.00 bits per heavy atom. The zero-order valence-electron chi connectivity index (χ0n) is 12.1. The summed E-state index contributed by atoms with van der Waals surface area (Å²) >= 11 is 0. The van der Waals surface area contributed by atoms with Gasteiger partial charge >= 0.3 is 0 Å². The van der Waals surface area contributed by atoms with Crippen LogP contribution in [0, 0.1) is 6.92 Å². The van der Waals surface area contributed by atoms with Gasteiger partial charge in [-0.2, -0.15) is 0 Å². The molecule has 3 rings (SSSR count). The Morgan fingerprint density at radius 3 is 2.25 bits per heavy atom. The van der Waals surface area contributed by atoms with Crippen LogP contribution in [0.15, 0.2) is 42.5 Å². The number of benzene rings is 2. The molecule has 2 aromatic rings. The summed E-state index contributed by atoms with van der Waals surface area (Å²) in [5, 5.41) is 0.